The average molecular weight is 344 g/mol. The largest absolute Gasteiger partial charge is 0.375 e. The Morgan fingerprint density at radius 1 is 1.36 bits per heavy atom. The maximum Gasteiger partial charge on any atom is 0.226 e. The first-order valence-corrected chi connectivity index (χ1v) is 8.69. The standard InChI is InChI=1S/C18H24N4O3/c1-2-18-20-16(21-25-18)11-19-17(23)10-15-13-22(8-9-24-15)12-14-6-4-3-5-7-14/h3-7,15H,2,8-13H2,1H3,(H,19,23). The van der Waals surface area contributed by atoms with Crippen molar-refractivity contribution in [1.82, 2.24) is 20.4 Å². The number of aryl methyl sites for hydroxylation is 1. The van der Waals surface area contributed by atoms with Crippen LogP contribution < -0.4 is 5.32 Å². The van der Waals surface area contributed by atoms with Gasteiger partial charge in [0.15, 0.2) is 5.82 Å². The molecule has 0 aliphatic carbocycles. The van der Waals surface area contributed by atoms with Crippen LogP contribution in [0.1, 0.15) is 30.6 Å². The van der Waals surface area contributed by atoms with E-state index in [0.717, 1.165) is 19.6 Å². The quantitative estimate of drug-likeness (QED) is 0.821. The van der Waals surface area contributed by atoms with Crippen molar-refractivity contribution in [3.8, 4) is 0 Å². The summed E-state index contributed by atoms with van der Waals surface area (Å²) in [6, 6.07) is 10.3. The molecule has 7 nitrogen and oxygen atoms in total. The second-order valence-corrected chi connectivity index (χ2v) is 6.15. The van der Waals surface area contributed by atoms with Crippen LogP contribution in [0.5, 0.6) is 0 Å². The Balaban J connectivity index is 1.43. The van der Waals surface area contributed by atoms with E-state index in [4.69, 9.17) is 9.26 Å². The second kappa shape index (κ2) is 8.73. The molecule has 0 spiro atoms. The number of carbonyl (C=O) groups is 1. The van der Waals surface area contributed by atoms with E-state index in [2.05, 4.69) is 32.5 Å². The highest BCUT2D eigenvalue weighted by atomic mass is 16.5. The first-order chi connectivity index (χ1) is 12.2. The van der Waals surface area contributed by atoms with Crippen LogP contribution in [-0.2, 0) is 29.0 Å². The molecule has 0 radical (unpaired) electrons. The van der Waals surface area contributed by atoms with E-state index in [0.29, 0.717) is 31.2 Å². The third-order valence-electron chi connectivity index (χ3n) is 4.14. The van der Waals surface area contributed by atoms with E-state index in [1.54, 1.807) is 0 Å². The van der Waals surface area contributed by atoms with Crippen molar-refractivity contribution < 1.29 is 14.1 Å². The molecule has 2 heterocycles. The minimum atomic E-state index is -0.0890. The molecule has 3 rings (SSSR count). The number of benzene rings is 1. The van der Waals surface area contributed by atoms with Gasteiger partial charge in [-0.1, -0.05) is 42.4 Å². The lowest BCUT2D eigenvalue weighted by Gasteiger charge is -2.32. The fraction of sp³-hybridized carbons (Fsp3) is 0.500. The van der Waals surface area contributed by atoms with Crippen molar-refractivity contribution >= 4 is 5.91 Å². The zero-order valence-corrected chi connectivity index (χ0v) is 14.5. The molecule has 1 fully saturated rings. The zero-order valence-electron chi connectivity index (χ0n) is 14.5. The molecule has 1 saturated heterocycles. The summed E-state index contributed by atoms with van der Waals surface area (Å²) in [6.45, 7) is 5.39. The molecule has 1 atom stereocenters. The number of nitrogens with one attached hydrogen (secondary N) is 1. The van der Waals surface area contributed by atoms with Gasteiger partial charge in [-0.15, -0.1) is 0 Å². The normalized spacial score (nSPS) is 18.2. The SMILES string of the molecule is CCc1nc(CNC(=O)CC2CN(Cc3ccccc3)CCO2)no1. The van der Waals surface area contributed by atoms with Crippen molar-refractivity contribution in [3.05, 3.63) is 47.6 Å². The highest BCUT2D eigenvalue weighted by molar-refractivity contribution is 5.76. The van der Waals surface area contributed by atoms with E-state index in [9.17, 15) is 4.79 Å². The first-order valence-electron chi connectivity index (χ1n) is 8.69. The van der Waals surface area contributed by atoms with Gasteiger partial charge in [-0.05, 0) is 5.56 Å². The third kappa shape index (κ3) is 5.37. The second-order valence-electron chi connectivity index (χ2n) is 6.15. The fourth-order valence-corrected chi connectivity index (χ4v) is 2.85. The number of hydrogen-bond acceptors (Lipinski definition) is 6. The molecule has 1 aromatic heterocycles. The maximum absolute atomic E-state index is 12.1. The Hall–Kier alpha value is -2.25. The van der Waals surface area contributed by atoms with Gasteiger partial charge in [0.05, 0.1) is 25.7 Å². The number of morpholine rings is 1. The lowest BCUT2D eigenvalue weighted by Crippen LogP contribution is -2.44. The molecular weight excluding hydrogens is 320 g/mol. The number of rotatable bonds is 7. The lowest BCUT2D eigenvalue weighted by molar-refractivity contribution is -0.126. The van der Waals surface area contributed by atoms with Gasteiger partial charge in [0.2, 0.25) is 11.8 Å². The Bertz CT molecular complexity index is 674. The van der Waals surface area contributed by atoms with Crippen LogP contribution in [0, 0.1) is 0 Å². The number of hydrogen-bond donors (Lipinski definition) is 1. The van der Waals surface area contributed by atoms with E-state index in [-0.39, 0.29) is 18.6 Å². The highest BCUT2D eigenvalue weighted by Gasteiger charge is 2.23. The van der Waals surface area contributed by atoms with Gasteiger partial charge < -0.3 is 14.6 Å². The fourth-order valence-electron chi connectivity index (χ4n) is 2.85. The monoisotopic (exact) mass is 344 g/mol. The molecule has 25 heavy (non-hydrogen) atoms. The van der Waals surface area contributed by atoms with Crippen LogP contribution in [-0.4, -0.2) is 46.7 Å². The van der Waals surface area contributed by atoms with Crippen molar-refractivity contribution in [2.24, 2.45) is 0 Å². The number of aromatic nitrogens is 2. The van der Waals surface area contributed by atoms with Crippen molar-refractivity contribution in [2.45, 2.75) is 39.0 Å². The van der Waals surface area contributed by atoms with E-state index in [1.807, 2.05) is 25.1 Å². The minimum absolute atomic E-state index is 0.0607. The average Bonchev–Trinajstić information content (AvgIpc) is 3.09. The predicted molar refractivity (Wildman–Crippen MR) is 91.6 cm³/mol. The Morgan fingerprint density at radius 2 is 2.20 bits per heavy atom. The van der Waals surface area contributed by atoms with Crippen LogP contribution in [0.15, 0.2) is 34.9 Å². The molecule has 0 saturated carbocycles. The maximum atomic E-state index is 12.1. The number of nitrogens with zero attached hydrogens (tertiary/aromatic N) is 3. The number of carbonyl (C=O) groups excluding carboxylic acids is 1. The van der Waals surface area contributed by atoms with Gasteiger partial charge in [0.25, 0.3) is 0 Å². The van der Waals surface area contributed by atoms with E-state index in [1.165, 1.54) is 5.56 Å². The van der Waals surface area contributed by atoms with Gasteiger partial charge in [-0.25, -0.2) is 0 Å². The smallest absolute Gasteiger partial charge is 0.226 e. The first kappa shape index (κ1) is 17.6. The van der Waals surface area contributed by atoms with Crippen LogP contribution >= 0.6 is 0 Å². The molecule has 1 N–H and O–H groups in total. The summed E-state index contributed by atoms with van der Waals surface area (Å²) >= 11 is 0. The Kier molecular flexibility index (Phi) is 6.14. The van der Waals surface area contributed by atoms with Crippen LogP contribution in [0.3, 0.4) is 0 Å². The molecule has 1 unspecified atom stereocenters. The molecular formula is C18H24N4O3. The summed E-state index contributed by atoms with van der Waals surface area (Å²) in [7, 11) is 0. The van der Waals surface area contributed by atoms with E-state index >= 15 is 0 Å². The predicted octanol–water partition coefficient (Wildman–Crippen LogP) is 1.54. The summed E-state index contributed by atoms with van der Waals surface area (Å²) in [6.07, 6.45) is 0.937. The molecule has 2 aromatic rings. The molecule has 1 aromatic carbocycles. The highest BCUT2D eigenvalue weighted by Crippen LogP contribution is 2.12. The third-order valence-corrected chi connectivity index (χ3v) is 4.14. The summed E-state index contributed by atoms with van der Waals surface area (Å²) in [5.41, 5.74) is 1.27. The summed E-state index contributed by atoms with van der Waals surface area (Å²) in [5, 5.41) is 6.65. The molecule has 134 valence electrons. The van der Waals surface area contributed by atoms with Crippen molar-refractivity contribution in [1.29, 1.82) is 0 Å². The minimum Gasteiger partial charge on any atom is -0.375 e. The molecule has 1 aliphatic heterocycles. The number of amides is 1. The van der Waals surface area contributed by atoms with Crippen LogP contribution in [0.2, 0.25) is 0 Å². The Morgan fingerprint density at radius 3 is 2.96 bits per heavy atom. The van der Waals surface area contributed by atoms with E-state index < -0.39 is 0 Å². The molecule has 0 bridgehead atoms. The van der Waals surface area contributed by atoms with Crippen LogP contribution in [0.25, 0.3) is 0 Å². The van der Waals surface area contributed by atoms with Gasteiger partial charge in [-0.3, -0.25) is 9.69 Å². The van der Waals surface area contributed by atoms with Crippen molar-refractivity contribution in [2.75, 3.05) is 19.7 Å². The lowest BCUT2D eigenvalue weighted by atomic mass is 10.1. The summed E-state index contributed by atoms with van der Waals surface area (Å²) in [5.74, 6) is 1.02. The molecule has 1 aliphatic rings. The molecule has 1 amide bonds. The Labute approximate surface area is 147 Å². The number of ether oxygens (including phenoxy) is 1. The van der Waals surface area contributed by atoms with Gasteiger partial charge in [-0.2, -0.15) is 4.98 Å². The van der Waals surface area contributed by atoms with Crippen molar-refractivity contribution in [3.63, 3.8) is 0 Å². The van der Waals surface area contributed by atoms with Gasteiger partial charge in [0.1, 0.15) is 0 Å². The zero-order chi connectivity index (χ0) is 17.5. The molecule has 7 heteroatoms. The van der Waals surface area contributed by atoms with Gasteiger partial charge in [0, 0.05) is 26.1 Å². The summed E-state index contributed by atoms with van der Waals surface area (Å²) in [4.78, 5) is 18.6. The van der Waals surface area contributed by atoms with Crippen LogP contribution in [0.4, 0.5) is 0 Å². The summed E-state index contributed by atoms with van der Waals surface area (Å²) < 4.78 is 10.8. The van der Waals surface area contributed by atoms with Gasteiger partial charge >= 0.3 is 0 Å². The topological polar surface area (TPSA) is 80.5 Å².